The molecular formula is C21H34O3. The highest BCUT2D eigenvalue weighted by Gasteiger charge is 2.25. The van der Waals surface area contributed by atoms with E-state index in [4.69, 9.17) is 9.47 Å². The van der Waals surface area contributed by atoms with Gasteiger partial charge in [-0.3, -0.25) is 0 Å². The van der Waals surface area contributed by atoms with Gasteiger partial charge in [0.1, 0.15) is 0 Å². The molecule has 1 aromatic carbocycles. The third-order valence-corrected chi connectivity index (χ3v) is 4.23. The Kier molecular flexibility index (Phi) is 7.03. The van der Waals surface area contributed by atoms with E-state index in [0.29, 0.717) is 12.0 Å². The minimum Gasteiger partial charge on any atom is -0.432 e. The van der Waals surface area contributed by atoms with Crippen molar-refractivity contribution in [2.45, 2.75) is 86.0 Å². The maximum Gasteiger partial charge on any atom is 0.340 e. The lowest BCUT2D eigenvalue weighted by Gasteiger charge is -2.27. The summed E-state index contributed by atoms with van der Waals surface area (Å²) in [7, 11) is 0. The Morgan fingerprint density at radius 1 is 1.04 bits per heavy atom. The van der Waals surface area contributed by atoms with Gasteiger partial charge in [0.25, 0.3) is 0 Å². The molecule has 0 N–H and O–H groups in total. The van der Waals surface area contributed by atoms with E-state index in [1.165, 1.54) is 5.56 Å². The molecule has 0 fully saturated rings. The first-order valence-corrected chi connectivity index (χ1v) is 8.91. The Morgan fingerprint density at radius 2 is 1.58 bits per heavy atom. The third-order valence-electron chi connectivity index (χ3n) is 4.23. The van der Waals surface area contributed by atoms with E-state index >= 15 is 0 Å². The van der Waals surface area contributed by atoms with Gasteiger partial charge in [0.15, 0.2) is 0 Å². The molecule has 0 spiro atoms. The van der Waals surface area contributed by atoms with Gasteiger partial charge in [-0.05, 0) is 48.8 Å². The van der Waals surface area contributed by atoms with Crippen LogP contribution in [0.5, 0.6) is 0 Å². The van der Waals surface area contributed by atoms with Gasteiger partial charge in [0.05, 0.1) is 11.7 Å². The van der Waals surface area contributed by atoms with Crippen molar-refractivity contribution in [3.63, 3.8) is 0 Å². The van der Waals surface area contributed by atoms with Crippen LogP contribution in [0.4, 0.5) is 0 Å². The van der Waals surface area contributed by atoms with E-state index < -0.39 is 6.29 Å². The molecule has 3 heteroatoms. The number of benzene rings is 1. The predicted molar refractivity (Wildman–Crippen MR) is 99.3 cm³/mol. The molecule has 0 aromatic heterocycles. The second-order valence-electron chi connectivity index (χ2n) is 8.60. The molecule has 0 heterocycles. The summed E-state index contributed by atoms with van der Waals surface area (Å²) in [6.45, 7) is 16.8. The fraction of sp³-hybridized carbons (Fsp3) is 0.667. The van der Waals surface area contributed by atoms with Gasteiger partial charge >= 0.3 is 5.97 Å². The summed E-state index contributed by atoms with van der Waals surface area (Å²) in [4.78, 5) is 12.5. The first kappa shape index (κ1) is 20.7. The zero-order chi connectivity index (χ0) is 18.5. The molecule has 0 bridgehead atoms. The number of carbonyl (C=O) groups is 1. The summed E-state index contributed by atoms with van der Waals surface area (Å²) in [6.07, 6.45) is 1.20. The first-order valence-electron chi connectivity index (χ1n) is 8.91. The van der Waals surface area contributed by atoms with Crippen molar-refractivity contribution >= 4 is 5.97 Å². The van der Waals surface area contributed by atoms with Crippen LogP contribution in [0.15, 0.2) is 24.3 Å². The molecule has 0 aliphatic carbocycles. The van der Waals surface area contributed by atoms with Crippen molar-refractivity contribution in [3.05, 3.63) is 35.4 Å². The monoisotopic (exact) mass is 334 g/mol. The molecule has 0 saturated heterocycles. The van der Waals surface area contributed by atoms with Crippen LogP contribution in [0, 0.1) is 5.41 Å². The van der Waals surface area contributed by atoms with Crippen molar-refractivity contribution in [3.8, 4) is 0 Å². The average molecular weight is 334 g/mol. The second-order valence-corrected chi connectivity index (χ2v) is 8.60. The topological polar surface area (TPSA) is 35.5 Å². The molecule has 0 amide bonds. The van der Waals surface area contributed by atoms with Gasteiger partial charge in [-0.25, -0.2) is 4.79 Å². The van der Waals surface area contributed by atoms with Crippen LogP contribution in [0.1, 0.15) is 84.2 Å². The van der Waals surface area contributed by atoms with Gasteiger partial charge in [-0.15, -0.1) is 0 Å². The second kappa shape index (κ2) is 8.15. The van der Waals surface area contributed by atoms with Crippen LogP contribution < -0.4 is 0 Å². The van der Waals surface area contributed by atoms with Crippen LogP contribution in [-0.2, 0) is 14.9 Å². The van der Waals surface area contributed by atoms with Crippen molar-refractivity contribution in [1.82, 2.24) is 0 Å². The van der Waals surface area contributed by atoms with Crippen molar-refractivity contribution in [2.75, 3.05) is 0 Å². The van der Waals surface area contributed by atoms with Gasteiger partial charge < -0.3 is 9.47 Å². The van der Waals surface area contributed by atoms with E-state index in [-0.39, 0.29) is 22.9 Å². The molecule has 0 radical (unpaired) electrons. The van der Waals surface area contributed by atoms with Gasteiger partial charge in [-0.1, -0.05) is 53.7 Å². The Bertz CT molecular complexity index is 521. The summed E-state index contributed by atoms with van der Waals surface area (Å²) in [6, 6.07) is 7.72. The Morgan fingerprint density at radius 3 is 2.00 bits per heavy atom. The summed E-state index contributed by atoms with van der Waals surface area (Å²) in [5.41, 5.74) is 1.93. The number of hydrogen-bond donors (Lipinski definition) is 0. The quantitative estimate of drug-likeness (QED) is 0.472. The summed E-state index contributed by atoms with van der Waals surface area (Å²) >= 11 is 0. The normalized spacial score (nSPS) is 13.9. The third kappa shape index (κ3) is 6.64. The standard InChI is InChI=1S/C21H34O3/c1-9-21(7,8)17-12-10-16(11-13-17)19(22)24-18(23-15(2)3)14-20(4,5)6/h10-13,15,18H,9,14H2,1-8H3. The highest BCUT2D eigenvalue weighted by molar-refractivity contribution is 5.89. The van der Waals surface area contributed by atoms with E-state index in [2.05, 4.69) is 41.5 Å². The van der Waals surface area contributed by atoms with Crippen LogP contribution in [0.3, 0.4) is 0 Å². The van der Waals surface area contributed by atoms with Crippen LogP contribution in [0.25, 0.3) is 0 Å². The number of carbonyl (C=O) groups excluding carboxylic acids is 1. The summed E-state index contributed by atoms with van der Waals surface area (Å²) < 4.78 is 11.4. The van der Waals surface area contributed by atoms with E-state index in [9.17, 15) is 4.79 Å². The molecule has 0 saturated carbocycles. The van der Waals surface area contributed by atoms with Gasteiger partial charge in [0, 0.05) is 6.42 Å². The zero-order valence-corrected chi connectivity index (χ0v) is 16.6. The van der Waals surface area contributed by atoms with Crippen LogP contribution >= 0.6 is 0 Å². The molecule has 1 rings (SSSR count). The Hall–Kier alpha value is -1.35. The van der Waals surface area contributed by atoms with E-state index in [0.717, 1.165) is 6.42 Å². The van der Waals surface area contributed by atoms with E-state index in [1.54, 1.807) is 0 Å². The van der Waals surface area contributed by atoms with Crippen molar-refractivity contribution in [1.29, 1.82) is 0 Å². The largest absolute Gasteiger partial charge is 0.432 e. The molecule has 1 aromatic rings. The molecule has 0 aliphatic heterocycles. The maximum atomic E-state index is 12.5. The Balaban J connectivity index is 2.84. The minimum absolute atomic E-state index is 0.0119. The van der Waals surface area contributed by atoms with Crippen LogP contribution in [0.2, 0.25) is 0 Å². The van der Waals surface area contributed by atoms with Gasteiger partial charge in [0.2, 0.25) is 6.29 Å². The van der Waals surface area contributed by atoms with Crippen LogP contribution in [-0.4, -0.2) is 18.4 Å². The smallest absolute Gasteiger partial charge is 0.340 e. The van der Waals surface area contributed by atoms with Crippen molar-refractivity contribution < 1.29 is 14.3 Å². The zero-order valence-electron chi connectivity index (χ0n) is 16.6. The Labute approximate surface area is 147 Å². The fourth-order valence-corrected chi connectivity index (χ4v) is 2.37. The molecule has 0 aliphatic rings. The predicted octanol–water partition coefficient (Wildman–Crippen LogP) is 5.72. The lowest BCUT2D eigenvalue weighted by atomic mass is 9.82. The molecular weight excluding hydrogens is 300 g/mol. The maximum absolute atomic E-state index is 12.5. The van der Waals surface area contributed by atoms with Crippen molar-refractivity contribution in [2.24, 2.45) is 5.41 Å². The molecule has 1 unspecified atom stereocenters. The molecule has 24 heavy (non-hydrogen) atoms. The lowest BCUT2D eigenvalue weighted by Crippen LogP contribution is -2.29. The number of ether oxygens (including phenoxy) is 2. The summed E-state index contributed by atoms with van der Waals surface area (Å²) in [5.74, 6) is -0.328. The number of rotatable bonds is 7. The number of hydrogen-bond acceptors (Lipinski definition) is 3. The molecule has 3 nitrogen and oxygen atoms in total. The number of esters is 1. The highest BCUT2D eigenvalue weighted by atomic mass is 16.7. The molecule has 136 valence electrons. The first-order chi connectivity index (χ1) is 10.9. The SMILES string of the molecule is CCC(C)(C)c1ccc(C(=O)OC(CC(C)(C)C)OC(C)C)cc1. The van der Waals surface area contributed by atoms with E-state index in [1.807, 2.05) is 38.1 Å². The average Bonchev–Trinajstić information content (AvgIpc) is 2.44. The lowest BCUT2D eigenvalue weighted by molar-refractivity contribution is -0.146. The highest BCUT2D eigenvalue weighted by Crippen LogP contribution is 2.27. The van der Waals surface area contributed by atoms with Gasteiger partial charge in [-0.2, -0.15) is 0 Å². The molecule has 1 atom stereocenters. The summed E-state index contributed by atoms with van der Waals surface area (Å²) in [5, 5.41) is 0. The minimum atomic E-state index is -0.524. The fourth-order valence-electron chi connectivity index (χ4n) is 2.37.